The van der Waals surface area contributed by atoms with E-state index in [-0.39, 0.29) is 0 Å². The first kappa shape index (κ1) is 9.11. The Balaban J connectivity index is 3.02. The van der Waals surface area contributed by atoms with Crippen LogP contribution in [-0.2, 0) is 0 Å². The predicted molar refractivity (Wildman–Crippen MR) is 51.8 cm³/mol. The molecule has 0 fully saturated rings. The van der Waals surface area contributed by atoms with Crippen molar-refractivity contribution in [2.24, 2.45) is 0 Å². The zero-order valence-corrected chi connectivity index (χ0v) is 8.22. The van der Waals surface area contributed by atoms with Gasteiger partial charge in [0.15, 0.2) is 0 Å². The van der Waals surface area contributed by atoms with E-state index in [2.05, 4.69) is 32.9 Å². The number of rotatable bonds is 2. The molecule has 0 N–H and O–H groups in total. The Labute approximate surface area is 74.4 Å². The van der Waals surface area contributed by atoms with Crippen molar-refractivity contribution in [2.75, 3.05) is 7.11 Å². The number of methoxy groups -OCH3 is 1. The molecule has 0 bridgehead atoms. The van der Waals surface area contributed by atoms with Gasteiger partial charge in [-0.25, -0.2) is 0 Å². The average Bonchev–Trinajstić information content (AvgIpc) is 2.04. The summed E-state index contributed by atoms with van der Waals surface area (Å²) in [7, 11) is 1.71. The summed E-state index contributed by atoms with van der Waals surface area (Å²) < 4.78 is 5.18. The summed E-state index contributed by atoms with van der Waals surface area (Å²) in [6.07, 6.45) is 0. The molecule has 0 unspecified atom stereocenters. The maximum absolute atomic E-state index is 5.18. The number of ether oxygens (including phenoxy) is 1. The molecule has 0 aliphatic carbocycles. The molecule has 0 saturated carbocycles. The fraction of sp³-hybridized carbons (Fsp3) is 0.455. The maximum Gasteiger partial charge on any atom is 0.121 e. The van der Waals surface area contributed by atoms with Crippen molar-refractivity contribution in [3.05, 3.63) is 29.3 Å². The van der Waals surface area contributed by atoms with Gasteiger partial charge >= 0.3 is 0 Å². The fourth-order valence-corrected chi connectivity index (χ4v) is 1.26. The third kappa shape index (κ3) is 1.79. The topological polar surface area (TPSA) is 9.23 Å². The smallest absolute Gasteiger partial charge is 0.121 e. The van der Waals surface area contributed by atoms with Crippen LogP contribution in [0.2, 0.25) is 0 Å². The SMILES string of the molecule is COc1ccc(C(C)C)cc1C. The van der Waals surface area contributed by atoms with Crippen LogP contribution >= 0.6 is 0 Å². The van der Waals surface area contributed by atoms with Crippen LogP contribution in [0.25, 0.3) is 0 Å². The monoisotopic (exact) mass is 164 g/mol. The van der Waals surface area contributed by atoms with Crippen LogP contribution in [-0.4, -0.2) is 7.11 Å². The summed E-state index contributed by atoms with van der Waals surface area (Å²) in [4.78, 5) is 0. The second-order valence-electron chi connectivity index (χ2n) is 3.38. The van der Waals surface area contributed by atoms with Crippen LogP contribution in [0, 0.1) is 6.92 Å². The molecule has 1 heteroatoms. The van der Waals surface area contributed by atoms with Gasteiger partial charge in [-0.3, -0.25) is 0 Å². The summed E-state index contributed by atoms with van der Waals surface area (Å²) in [5.74, 6) is 1.56. The van der Waals surface area contributed by atoms with E-state index >= 15 is 0 Å². The molecule has 66 valence electrons. The highest BCUT2D eigenvalue weighted by Gasteiger charge is 2.02. The van der Waals surface area contributed by atoms with Gasteiger partial charge < -0.3 is 4.74 Å². The normalized spacial score (nSPS) is 10.4. The Morgan fingerprint density at radius 3 is 2.33 bits per heavy atom. The number of hydrogen-bond donors (Lipinski definition) is 0. The van der Waals surface area contributed by atoms with Gasteiger partial charge in [0.05, 0.1) is 7.11 Å². The van der Waals surface area contributed by atoms with Crippen molar-refractivity contribution < 1.29 is 4.74 Å². The molecule has 0 aliphatic rings. The van der Waals surface area contributed by atoms with Crippen molar-refractivity contribution in [2.45, 2.75) is 26.7 Å². The van der Waals surface area contributed by atoms with Crippen LogP contribution in [0.4, 0.5) is 0 Å². The maximum atomic E-state index is 5.18. The van der Waals surface area contributed by atoms with Crippen molar-refractivity contribution in [3.63, 3.8) is 0 Å². The van der Waals surface area contributed by atoms with Gasteiger partial charge in [-0.15, -0.1) is 0 Å². The van der Waals surface area contributed by atoms with Crippen molar-refractivity contribution >= 4 is 0 Å². The van der Waals surface area contributed by atoms with Crippen LogP contribution in [0.3, 0.4) is 0 Å². The van der Waals surface area contributed by atoms with Crippen LogP contribution < -0.4 is 4.74 Å². The largest absolute Gasteiger partial charge is 0.496 e. The van der Waals surface area contributed by atoms with Gasteiger partial charge in [0, 0.05) is 0 Å². The molecule has 0 aromatic heterocycles. The lowest BCUT2D eigenvalue weighted by Crippen LogP contribution is -1.91. The highest BCUT2D eigenvalue weighted by molar-refractivity contribution is 5.37. The fourth-order valence-electron chi connectivity index (χ4n) is 1.26. The molecule has 0 atom stereocenters. The third-order valence-corrected chi connectivity index (χ3v) is 2.09. The van der Waals surface area contributed by atoms with E-state index in [0.717, 1.165) is 5.75 Å². The second-order valence-corrected chi connectivity index (χ2v) is 3.38. The minimum absolute atomic E-state index is 0.592. The molecule has 0 spiro atoms. The van der Waals surface area contributed by atoms with E-state index in [4.69, 9.17) is 4.74 Å². The summed E-state index contributed by atoms with van der Waals surface area (Å²) in [6, 6.07) is 6.34. The van der Waals surface area contributed by atoms with E-state index in [1.54, 1.807) is 7.11 Å². The van der Waals surface area contributed by atoms with Gasteiger partial charge in [-0.2, -0.15) is 0 Å². The third-order valence-electron chi connectivity index (χ3n) is 2.09. The van der Waals surface area contributed by atoms with Gasteiger partial charge in [0.25, 0.3) is 0 Å². The Bertz CT molecular complexity index is 264. The summed E-state index contributed by atoms with van der Waals surface area (Å²) in [5.41, 5.74) is 2.58. The molecule has 0 aliphatic heterocycles. The quantitative estimate of drug-likeness (QED) is 0.652. The molecular formula is C11H16O. The molecule has 0 amide bonds. The molecule has 1 aromatic rings. The predicted octanol–water partition coefficient (Wildman–Crippen LogP) is 3.13. The zero-order chi connectivity index (χ0) is 9.14. The number of hydrogen-bond acceptors (Lipinski definition) is 1. The van der Waals surface area contributed by atoms with E-state index in [1.807, 2.05) is 6.07 Å². The minimum Gasteiger partial charge on any atom is -0.496 e. The van der Waals surface area contributed by atoms with E-state index < -0.39 is 0 Å². The summed E-state index contributed by atoms with van der Waals surface area (Å²) >= 11 is 0. The van der Waals surface area contributed by atoms with E-state index in [0.29, 0.717) is 5.92 Å². The Hall–Kier alpha value is -0.980. The number of aryl methyl sites for hydroxylation is 1. The van der Waals surface area contributed by atoms with E-state index in [9.17, 15) is 0 Å². The van der Waals surface area contributed by atoms with Gasteiger partial charge in [-0.1, -0.05) is 26.0 Å². The summed E-state index contributed by atoms with van der Waals surface area (Å²) in [6.45, 7) is 6.47. The highest BCUT2D eigenvalue weighted by atomic mass is 16.5. The second kappa shape index (κ2) is 3.61. The first-order chi connectivity index (χ1) is 5.65. The molecule has 0 saturated heterocycles. The first-order valence-electron chi connectivity index (χ1n) is 4.29. The first-order valence-corrected chi connectivity index (χ1v) is 4.29. The van der Waals surface area contributed by atoms with Crippen LogP contribution in [0.15, 0.2) is 18.2 Å². The standard InChI is InChI=1S/C11H16O/c1-8(2)10-5-6-11(12-4)9(3)7-10/h5-8H,1-4H3. The molecule has 12 heavy (non-hydrogen) atoms. The van der Waals surface area contributed by atoms with Gasteiger partial charge in [-0.05, 0) is 30.0 Å². The molecule has 0 heterocycles. The van der Waals surface area contributed by atoms with E-state index in [1.165, 1.54) is 11.1 Å². The molecule has 0 radical (unpaired) electrons. The lowest BCUT2D eigenvalue weighted by Gasteiger charge is -2.09. The van der Waals surface area contributed by atoms with Gasteiger partial charge in [0.2, 0.25) is 0 Å². The molecule has 1 aromatic carbocycles. The van der Waals surface area contributed by atoms with Gasteiger partial charge in [0.1, 0.15) is 5.75 Å². The molecule has 1 rings (SSSR count). The minimum atomic E-state index is 0.592. The zero-order valence-electron chi connectivity index (χ0n) is 8.22. The molecule has 1 nitrogen and oxygen atoms in total. The molecular weight excluding hydrogens is 148 g/mol. The Morgan fingerprint density at radius 1 is 1.25 bits per heavy atom. The van der Waals surface area contributed by atoms with Crippen LogP contribution in [0.1, 0.15) is 30.9 Å². The average molecular weight is 164 g/mol. The van der Waals surface area contributed by atoms with Crippen molar-refractivity contribution in [1.82, 2.24) is 0 Å². The van der Waals surface area contributed by atoms with Crippen LogP contribution in [0.5, 0.6) is 5.75 Å². The highest BCUT2D eigenvalue weighted by Crippen LogP contribution is 2.22. The van der Waals surface area contributed by atoms with Crippen molar-refractivity contribution in [3.8, 4) is 5.75 Å². The lowest BCUT2D eigenvalue weighted by molar-refractivity contribution is 0.411. The summed E-state index contributed by atoms with van der Waals surface area (Å²) in [5, 5.41) is 0. The Kier molecular flexibility index (Phi) is 2.74. The lowest BCUT2D eigenvalue weighted by atomic mass is 10.0. The van der Waals surface area contributed by atoms with Crippen molar-refractivity contribution in [1.29, 1.82) is 0 Å². The number of benzene rings is 1. The Morgan fingerprint density at radius 2 is 1.92 bits per heavy atom.